The first-order valence-corrected chi connectivity index (χ1v) is 14.8. The van der Waals surface area contributed by atoms with Crippen molar-refractivity contribution in [1.82, 2.24) is 15.6 Å². The number of hydrogen-bond donors (Lipinski definition) is 2. The lowest BCUT2D eigenvalue weighted by Gasteiger charge is -2.19. The zero-order valence-electron chi connectivity index (χ0n) is 23.7. The molecule has 1 aromatic heterocycles. The summed E-state index contributed by atoms with van der Waals surface area (Å²) in [5.74, 6) is 0.341. The van der Waals surface area contributed by atoms with Crippen molar-refractivity contribution in [2.24, 2.45) is 0 Å². The Morgan fingerprint density at radius 2 is 1.68 bits per heavy atom. The van der Waals surface area contributed by atoms with Crippen molar-refractivity contribution in [2.45, 2.75) is 32.7 Å². The highest BCUT2D eigenvalue weighted by Gasteiger charge is 2.20. The summed E-state index contributed by atoms with van der Waals surface area (Å²) in [4.78, 5) is 12.2. The molecule has 0 fully saturated rings. The number of nitrogens with zero attached hydrogens (tertiary/aromatic N) is 2. The highest BCUT2D eigenvalue weighted by molar-refractivity contribution is 9.10. The van der Waals surface area contributed by atoms with Crippen molar-refractivity contribution >= 4 is 56.9 Å². The smallest absolute Gasteiger partial charge is 0.325 e. The van der Waals surface area contributed by atoms with Gasteiger partial charge in [0.05, 0.1) is 18.2 Å². The van der Waals surface area contributed by atoms with Crippen LogP contribution in [-0.2, 0) is 29.3 Å². The van der Waals surface area contributed by atoms with Gasteiger partial charge in [-0.2, -0.15) is 0 Å². The lowest BCUT2D eigenvalue weighted by Crippen LogP contribution is -2.40. The molecule has 230 valence electrons. The fraction of sp³-hybridized carbons (Fsp3) is 0.219. The molecular weight excluding hydrogens is 673 g/mol. The van der Waals surface area contributed by atoms with Crippen LogP contribution in [0.3, 0.4) is 0 Å². The number of benzene rings is 4. The highest BCUT2D eigenvalue weighted by atomic mass is 79.9. The largest absolute Gasteiger partial charge is 0.488 e. The van der Waals surface area contributed by atoms with Crippen LogP contribution in [0.1, 0.15) is 23.6 Å². The van der Waals surface area contributed by atoms with E-state index in [2.05, 4.69) is 43.7 Å². The van der Waals surface area contributed by atoms with Gasteiger partial charge in [0.15, 0.2) is 0 Å². The molecule has 0 saturated heterocycles. The van der Waals surface area contributed by atoms with E-state index in [1.807, 2.05) is 48.5 Å². The Hall–Kier alpha value is -3.67. The fourth-order valence-corrected chi connectivity index (χ4v) is 5.33. The molecule has 1 heterocycles. The van der Waals surface area contributed by atoms with Crippen molar-refractivity contribution in [3.05, 3.63) is 105 Å². The number of hydrogen-bond acceptors (Lipinski definition) is 9. The maximum Gasteiger partial charge on any atom is 0.325 e. The van der Waals surface area contributed by atoms with Crippen LogP contribution in [0.15, 0.2) is 88.0 Å². The first-order chi connectivity index (χ1) is 21.0. The Bertz CT molecular complexity index is 1700. The van der Waals surface area contributed by atoms with E-state index in [0.717, 1.165) is 26.7 Å². The van der Waals surface area contributed by atoms with Crippen LogP contribution in [0.4, 0.5) is 0 Å². The van der Waals surface area contributed by atoms with E-state index in [9.17, 15) is 9.90 Å². The summed E-state index contributed by atoms with van der Waals surface area (Å²) >= 11 is 10.4. The third-order valence-electron chi connectivity index (χ3n) is 6.71. The van der Waals surface area contributed by atoms with Gasteiger partial charge in [0.25, 0.3) is 0 Å². The summed E-state index contributed by atoms with van der Waals surface area (Å²) in [5, 5.41) is 21.0. The van der Waals surface area contributed by atoms with Gasteiger partial charge < -0.3 is 19.3 Å². The molecular formula is C32H30BrCl2N3O6. The van der Waals surface area contributed by atoms with E-state index >= 15 is 0 Å². The molecule has 0 amide bonds. The molecule has 5 aromatic rings. The predicted molar refractivity (Wildman–Crippen MR) is 173 cm³/mol. The minimum Gasteiger partial charge on any atom is -0.488 e. The van der Waals surface area contributed by atoms with Gasteiger partial charge >= 0.3 is 5.97 Å². The van der Waals surface area contributed by atoms with Crippen LogP contribution in [-0.4, -0.2) is 40.6 Å². The van der Waals surface area contributed by atoms with Crippen LogP contribution >= 0.6 is 39.9 Å². The van der Waals surface area contributed by atoms with Gasteiger partial charge in [-0.1, -0.05) is 72.3 Å². The lowest BCUT2D eigenvalue weighted by molar-refractivity contribution is -0.146. The first kappa shape index (κ1) is 33.2. The van der Waals surface area contributed by atoms with Crippen molar-refractivity contribution in [3.8, 4) is 22.6 Å². The average Bonchev–Trinajstić information content (AvgIpc) is 3.51. The molecule has 0 radical (unpaired) electrons. The summed E-state index contributed by atoms with van der Waals surface area (Å²) in [6.45, 7) is 2.05. The zero-order valence-corrected chi connectivity index (χ0v) is 26.8. The van der Waals surface area contributed by atoms with Crippen molar-refractivity contribution in [1.29, 1.82) is 0 Å². The van der Waals surface area contributed by atoms with E-state index in [0.29, 0.717) is 33.1 Å². The van der Waals surface area contributed by atoms with E-state index < -0.39 is 18.6 Å². The van der Waals surface area contributed by atoms with Crippen LogP contribution in [0, 0.1) is 0 Å². The minimum absolute atomic E-state index is 0. The maximum atomic E-state index is 12.2. The van der Waals surface area contributed by atoms with E-state index in [1.165, 1.54) is 0 Å². The monoisotopic (exact) mass is 701 g/mol. The molecule has 0 aliphatic heterocycles. The topological polar surface area (TPSA) is 116 Å². The number of ether oxygens (including phenoxy) is 3. The predicted octanol–water partition coefficient (Wildman–Crippen LogP) is 6.90. The Kier molecular flexibility index (Phi) is 12.0. The molecule has 0 aliphatic carbocycles. The molecule has 2 N–H and O–H groups in total. The first-order valence-electron chi connectivity index (χ1n) is 13.6. The molecule has 1 atom stereocenters. The molecule has 0 aliphatic rings. The number of aliphatic hydroxyl groups excluding tert-OH is 1. The number of nitrogens with one attached hydrogen (secondary N) is 1. The minimum atomic E-state index is -0.910. The van der Waals surface area contributed by atoms with Gasteiger partial charge in [-0.25, -0.2) is 4.63 Å². The number of aromatic nitrogens is 2. The summed E-state index contributed by atoms with van der Waals surface area (Å²) < 4.78 is 23.3. The maximum absolute atomic E-state index is 12.2. The molecule has 4 aromatic carbocycles. The fourth-order valence-electron chi connectivity index (χ4n) is 4.48. The van der Waals surface area contributed by atoms with Crippen LogP contribution in [0.25, 0.3) is 22.2 Å². The molecule has 0 spiro atoms. The second kappa shape index (κ2) is 15.9. The standard InChI is InChI=1S/C32H29BrClN3O6.ClH/c1-2-40-32(39)27(17-38)35-16-23-14-25(34)29(15-28(23)41-19-22-11-7-13-26-31(22)37-43-36-26)42-18-21-10-6-12-24(30(21)33)20-8-4-3-5-9-20;/h3-15,27,35,38H,2,16-19H2,1H3;1H/t27-;/m1./s1. The summed E-state index contributed by atoms with van der Waals surface area (Å²) in [6.07, 6.45) is 0. The van der Waals surface area contributed by atoms with Gasteiger partial charge in [0, 0.05) is 33.8 Å². The molecule has 0 bridgehead atoms. The number of esters is 1. The summed E-state index contributed by atoms with van der Waals surface area (Å²) in [6, 6.07) is 24.1. The van der Waals surface area contributed by atoms with E-state index in [1.54, 1.807) is 25.1 Å². The van der Waals surface area contributed by atoms with Gasteiger partial charge in [0.2, 0.25) is 0 Å². The van der Waals surface area contributed by atoms with Crippen LogP contribution in [0.2, 0.25) is 5.02 Å². The SMILES string of the molecule is CCOC(=O)[C@@H](CO)NCc1cc(Cl)c(OCc2cccc(-c3ccccc3)c2Br)cc1OCc1cccc2nonc12.Cl. The second-order valence-electron chi connectivity index (χ2n) is 9.53. The number of halogens is 3. The van der Waals surface area contributed by atoms with Gasteiger partial charge in [0.1, 0.15) is 41.8 Å². The molecule has 0 saturated carbocycles. The Morgan fingerprint density at radius 1 is 0.955 bits per heavy atom. The number of carbonyl (C=O) groups is 1. The average molecular weight is 703 g/mol. The third-order valence-corrected chi connectivity index (χ3v) is 7.94. The Morgan fingerprint density at radius 3 is 2.45 bits per heavy atom. The molecule has 0 unspecified atom stereocenters. The Labute approximate surface area is 274 Å². The number of aliphatic hydroxyl groups is 1. The van der Waals surface area contributed by atoms with E-state index in [4.69, 9.17) is 30.4 Å². The number of fused-ring (bicyclic) bond motifs is 1. The molecule has 5 rings (SSSR count). The molecule has 44 heavy (non-hydrogen) atoms. The van der Waals surface area contributed by atoms with Gasteiger partial charge in [-0.15, -0.1) is 12.4 Å². The molecule has 9 nitrogen and oxygen atoms in total. The Balaban J connectivity index is 0.00000442. The summed E-state index contributed by atoms with van der Waals surface area (Å²) in [5.41, 5.74) is 5.72. The molecule has 12 heteroatoms. The second-order valence-corrected chi connectivity index (χ2v) is 10.7. The van der Waals surface area contributed by atoms with Crippen molar-refractivity contribution in [3.63, 3.8) is 0 Å². The van der Waals surface area contributed by atoms with Gasteiger partial charge in [-0.3, -0.25) is 10.1 Å². The normalized spacial score (nSPS) is 11.5. The zero-order chi connectivity index (χ0) is 30.2. The number of carbonyl (C=O) groups excluding carboxylic acids is 1. The van der Waals surface area contributed by atoms with Crippen molar-refractivity contribution in [2.75, 3.05) is 13.2 Å². The lowest BCUT2D eigenvalue weighted by atomic mass is 10.0. The quantitative estimate of drug-likeness (QED) is 0.126. The van der Waals surface area contributed by atoms with E-state index in [-0.39, 0.29) is 38.8 Å². The highest BCUT2D eigenvalue weighted by Crippen LogP contribution is 2.36. The summed E-state index contributed by atoms with van der Waals surface area (Å²) in [7, 11) is 0. The number of rotatable bonds is 13. The van der Waals surface area contributed by atoms with Crippen LogP contribution < -0.4 is 14.8 Å². The van der Waals surface area contributed by atoms with Crippen LogP contribution in [0.5, 0.6) is 11.5 Å². The third kappa shape index (κ3) is 7.88. The van der Waals surface area contributed by atoms with Gasteiger partial charge in [-0.05, 0) is 56.4 Å². The van der Waals surface area contributed by atoms with Crippen molar-refractivity contribution < 1.29 is 28.7 Å².